The molecule has 0 saturated heterocycles. The lowest BCUT2D eigenvalue weighted by Gasteiger charge is -2.17. The minimum absolute atomic E-state index is 0.374. The van der Waals surface area contributed by atoms with Crippen molar-refractivity contribution in [1.82, 2.24) is 0 Å². The number of nitrogen functional groups attached to an aromatic ring is 6. The summed E-state index contributed by atoms with van der Waals surface area (Å²) in [7, 11) is 0. The Bertz CT molecular complexity index is 1310. The van der Waals surface area contributed by atoms with Crippen LogP contribution in [-0.2, 0) is 13.1 Å². The van der Waals surface area contributed by atoms with Crippen LogP contribution in [0.3, 0.4) is 0 Å². The van der Waals surface area contributed by atoms with Crippen molar-refractivity contribution in [3.8, 4) is 11.5 Å². The van der Waals surface area contributed by atoms with Gasteiger partial charge >= 0.3 is 0 Å². The lowest BCUT2D eigenvalue weighted by atomic mass is 10.1. The van der Waals surface area contributed by atoms with Gasteiger partial charge in [-0.3, -0.25) is 0 Å². The molecule has 0 spiro atoms. The highest BCUT2D eigenvalue weighted by atomic mass is 16.5. The van der Waals surface area contributed by atoms with Gasteiger partial charge in [-0.15, -0.1) is 0 Å². The Morgan fingerprint density at radius 1 is 0.571 bits per heavy atom. The number of hydrogen-bond donors (Lipinski definition) is 8. The number of rotatable bonds is 8. The van der Waals surface area contributed by atoms with E-state index in [1.807, 2.05) is 48.5 Å². The Morgan fingerprint density at radius 2 is 1.20 bits per heavy atom. The lowest BCUT2D eigenvalue weighted by molar-refractivity contribution is 0.489. The summed E-state index contributed by atoms with van der Waals surface area (Å²) in [5, 5.41) is 6.63. The summed E-state index contributed by atoms with van der Waals surface area (Å²) in [5.41, 5.74) is 43.0. The van der Waals surface area contributed by atoms with Crippen LogP contribution in [0, 0.1) is 0 Å². The molecule has 9 nitrogen and oxygen atoms in total. The predicted molar refractivity (Wildman–Crippen MR) is 147 cm³/mol. The molecule has 4 aromatic carbocycles. The Balaban J connectivity index is 1.51. The van der Waals surface area contributed by atoms with Gasteiger partial charge in [0.25, 0.3) is 0 Å². The van der Waals surface area contributed by atoms with Gasteiger partial charge in [-0.2, -0.15) is 0 Å². The summed E-state index contributed by atoms with van der Waals surface area (Å²) in [4.78, 5) is 0. The molecule has 0 saturated carbocycles. The Hall–Kier alpha value is -4.92. The number of anilines is 8. The minimum Gasteiger partial charge on any atom is -0.451 e. The number of nitrogens with one attached hydrogen (secondary N) is 2. The highest BCUT2D eigenvalue weighted by molar-refractivity contribution is 5.72. The highest BCUT2D eigenvalue weighted by Gasteiger charge is 2.13. The molecule has 4 aromatic rings. The second-order valence-electron chi connectivity index (χ2n) is 8.30. The zero-order valence-corrected chi connectivity index (χ0v) is 19.2. The van der Waals surface area contributed by atoms with E-state index >= 15 is 0 Å². The van der Waals surface area contributed by atoms with E-state index in [1.165, 1.54) is 0 Å². The summed E-state index contributed by atoms with van der Waals surface area (Å²) in [5.74, 6) is 0.902. The van der Waals surface area contributed by atoms with Crippen LogP contribution >= 0.6 is 0 Å². The molecule has 0 aliphatic carbocycles. The first-order valence-electron chi connectivity index (χ1n) is 11.0. The first-order valence-corrected chi connectivity index (χ1v) is 11.0. The third kappa shape index (κ3) is 5.91. The third-order valence-electron chi connectivity index (χ3n) is 5.33. The molecule has 0 aliphatic rings. The van der Waals surface area contributed by atoms with Crippen LogP contribution in [0.2, 0.25) is 0 Å². The largest absolute Gasteiger partial charge is 0.451 e. The third-order valence-corrected chi connectivity index (χ3v) is 5.33. The van der Waals surface area contributed by atoms with Crippen molar-refractivity contribution in [1.29, 1.82) is 0 Å². The van der Waals surface area contributed by atoms with Gasteiger partial charge < -0.3 is 49.8 Å². The predicted octanol–water partition coefficient (Wildman–Crippen LogP) is 4.20. The molecular formula is C26H30N8O. The molecule has 0 heterocycles. The fourth-order valence-electron chi connectivity index (χ4n) is 3.74. The number of nitrogens with two attached hydrogens (primary N) is 6. The summed E-state index contributed by atoms with van der Waals surface area (Å²) >= 11 is 0. The molecular weight excluding hydrogens is 440 g/mol. The number of ether oxygens (including phenoxy) is 1. The zero-order valence-electron chi connectivity index (χ0n) is 19.2. The standard InChI is InChI=1S/C26H30N8O/c27-17-2-1-3-21(11-17)33-13-16-8-22(31)26(23(32)9-16)35-25-5-4-18(28)12-24(25)34-14-15-6-19(29)10-20(30)7-15/h1-12,33-34H,13-14,27-32H2. The van der Waals surface area contributed by atoms with Gasteiger partial charge in [0.15, 0.2) is 11.5 Å². The topological polar surface area (TPSA) is 189 Å². The molecule has 0 atom stereocenters. The van der Waals surface area contributed by atoms with Crippen LogP contribution in [0.15, 0.2) is 72.8 Å². The Kier molecular flexibility index (Phi) is 6.59. The second-order valence-corrected chi connectivity index (χ2v) is 8.30. The normalized spacial score (nSPS) is 10.6. The molecule has 0 radical (unpaired) electrons. The van der Waals surface area contributed by atoms with Crippen LogP contribution in [0.5, 0.6) is 11.5 Å². The number of hydrogen-bond acceptors (Lipinski definition) is 9. The summed E-state index contributed by atoms with van der Waals surface area (Å²) < 4.78 is 6.14. The molecule has 0 fully saturated rings. The molecule has 4 rings (SSSR count). The fourth-order valence-corrected chi connectivity index (χ4v) is 3.74. The van der Waals surface area contributed by atoms with Gasteiger partial charge in [0.2, 0.25) is 0 Å². The van der Waals surface area contributed by atoms with Gasteiger partial charge in [0.1, 0.15) is 0 Å². The van der Waals surface area contributed by atoms with Crippen molar-refractivity contribution >= 4 is 45.5 Å². The van der Waals surface area contributed by atoms with Crippen molar-refractivity contribution in [2.45, 2.75) is 13.1 Å². The average molecular weight is 471 g/mol. The van der Waals surface area contributed by atoms with Gasteiger partial charge in [-0.1, -0.05) is 6.07 Å². The molecule has 0 bridgehead atoms. The highest BCUT2D eigenvalue weighted by Crippen LogP contribution is 2.38. The maximum atomic E-state index is 6.32. The van der Waals surface area contributed by atoms with E-state index in [9.17, 15) is 0 Å². The van der Waals surface area contributed by atoms with Crippen LogP contribution in [0.4, 0.5) is 45.5 Å². The first kappa shape index (κ1) is 23.2. The summed E-state index contributed by atoms with van der Waals surface area (Å²) in [6.07, 6.45) is 0. The van der Waals surface area contributed by atoms with Crippen LogP contribution in [0.25, 0.3) is 0 Å². The van der Waals surface area contributed by atoms with Crippen molar-refractivity contribution < 1.29 is 4.74 Å². The van der Waals surface area contributed by atoms with E-state index in [1.54, 1.807) is 24.3 Å². The monoisotopic (exact) mass is 470 g/mol. The first-order chi connectivity index (χ1) is 16.8. The molecule has 180 valence electrons. The zero-order chi connectivity index (χ0) is 24.9. The van der Waals surface area contributed by atoms with E-state index in [2.05, 4.69) is 10.6 Å². The Morgan fingerprint density at radius 3 is 1.89 bits per heavy atom. The summed E-state index contributed by atoms with van der Waals surface area (Å²) in [6.45, 7) is 0.991. The summed E-state index contributed by atoms with van der Waals surface area (Å²) in [6, 6.07) is 21.9. The van der Waals surface area contributed by atoms with Gasteiger partial charge in [0.05, 0.1) is 17.1 Å². The quantitative estimate of drug-likeness (QED) is 0.174. The van der Waals surface area contributed by atoms with Gasteiger partial charge in [-0.25, -0.2) is 0 Å². The van der Waals surface area contributed by atoms with E-state index in [4.69, 9.17) is 39.1 Å². The average Bonchev–Trinajstić information content (AvgIpc) is 2.79. The van der Waals surface area contributed by atoms with Crippen molar-refractivity contribution in [3.63, 3.8) is 0 Å². The second kappa shape index (κ2) is 9.92. The van der Waals surface area contributed by atoms with E-state index < -0.39 is 0 Å². The smallest absolute Gasteiger partial charge is 0.173 e. The molecule has 0 aliphatic heterocycles. The molecule has 14 N–H and O–H groups in total. The molecule has 35 heavy (non-hydrogen) atoms. The lowest BCUT2D eigenvalue weighted by Crippen LogP contribution is -2.06. The molecule has 9 heteroatoms. The van der Waals surface area contributed by atoms with Crippen molar-refractivity contribution in [3.05, 3.63) is 83.9 Å². The fraction of sp³-hybridized carbons (Fsp3) is 0.0769. The van der Waals surface area contributed by atoms with E-state index in [0.29, 0.717) is 64.4 Å². The molecule has 0 amide bonds. The van der Waals surface area contributed by atoms with Crippen LogP contribution in [-0.4, -0.2) is 0 Å². The van der Waals surface area contributed by atoms with E-state index in [-0.39, 0.29) is 0 Å². The van der Waals surface area contributed by atoms with Gasteiger partial charge in [-0.05, 0) is 77.9 Å². The van der Waals surface area contributed by atoms with Gasteiger partial charge in [0, 0.05) is 41.5 Å². The Labute approximate surface area is 204 Å². The maximum absolute atomic E-state index is 6.32. The molecule has 0 aromatic heterocycles. The SMILES string of the molecule is Nc1cc(N)cc(CNc2cc(N)ccc2Oc2c(N)cc(CNc3cccc(N)c3)cc2N)c1. The minimum atomic E-state index is 0.374. The molecule has 0 unspecified atom stereocenters. The van der Waals surface area contributed by atoms with Crippen molar-refractivity contribution in [2.75, 3.05) is 45.0 Å². The number of benzene rings is 4. The van der Waals surface area contributed by atoms with E-state index in [0.717, 1.165) is 16.8 Å². The van der Waals surface area contributed by atoms with Crippen molar-refractivity contribution in [2.24, 2.45) is 0 Å². The van der Waals surface area contributed by atoms with Crippen LogP contribution < -0.4 is 49.8 Å². The van der Waals surface area contributed by atoms with Crippen LogP contribution in [0.1, 0.15) is 11.1 Å². The maximum Gasteiger partial charge on any atom is 0.173 e.